The van der Waals surface area contributed by atoms with Crippen LogP contribution in [0.25, 0.3) is 5.69 Å². The van der Waals surface area contributed by atoms with E-state index in [0.717, 1.165) is 10.4 Å². The molecular weight excluding hydrogens is 369 g/mol. The standard InChI is InChI=1S/C15H11Cl2N5O3/c1-9-2-3-11(17)8-13(9)18-14-15(22(24)25)19-20(21(14)23)12-6-4-10(16)5-7-12/h2-8,23H,1H3. The number of halogens is 2. The molecule has 128 valence electrons. The SMILES string of the molecule is Cc1ccc(Cl)cc1N=c1c([N+](=O)[O-])nn(-c2ccc(Cl)cc2)n1O. The van der Waals surface area contributed by atoms with Gasteiger partial charge in [0.25, 0.3) is 5.49 Å². The van der Waals surface area contributed by atoms with Gasteiger partial charge in [0.15, 0.2) is 0 Å². The van der Waals surface area contributed by atoms with Crippen LogP contribution in [0, 0.1) is 17.0 Å². The fraction of sp³-hybridized carbons (Fsp3) is 0.0667. The molecule has 0 radical (unpaired) electrons. The van der Waals surface area contributed by atoms with Crippen molar-refractivity contribution in [3.8, 4) is 5.69 Å². The number of aryl methyl sites for hydroxylation is 1. The van der Waals surface area contributed by atoms with Crippen LogP contribution < -0.4 is 5.49 Å². The molecule has 0 saturated heterocycles. The van der Waals surface area contributed by atoms with Crippen LogP contribution in [0.3, 0.4) is 0 Å². The first kappa shape index (κ1) is 17.0. The molecule has 1 heterocycles. The zero-order valence-corrected chi connectivity index (χ0v) is 14.3. The van der Waals surface area contributed by atoms with Gasteiger partial charge in [-0.3, -0.25) is 0 Å². The van der Waals surface area contributed by atoms with E-state index in [9.17, 15) is 15.3 Å². The van der Waals surface area contributed by atoms with Crippen LogP contribution in [0.5, 0.6) is 0 Å². The minimum Gasteiger partial charge on any atom is -0.409 e. The molecule has 3 rings (SSSR count). The van der Waals surface area contributed by atoms with Crippen molar-refractivity contribution in [1.29, 1.82) is 0 Å². The van der Waals surface area contributed by atoms with Crippen LogP contribution in [0.2, 0.25) is 10.0 Å². The number of rotatable bonds is 3. The van der Waals surface area contributed by atoms with E-state index in [2.05, 4.69) is 10.1 Å². The van der Waals surface area contributed by atoms with Crippen LogP contribution in [0.15, 0.2) is 47.5 Å². The maximum atomic E-state index is 11.3. The zero-order valence-electron chi connectivity index (χ0n) is 12.8. The summed E-state index contributed by atoms with van der Waals surface area (Å²) in [4.78, 5) is 16.2. The summed E-state index contributed by atoms with van der Waals surface area (Å²) in [6.07, 6.45) is 0. The molecule has 2 aromatic carbocycles. The molecule has 8 nitrogen and oxygen atoms in total. The second-order valence-electron chi connectivity index (χ2n) is 5.10. The smallest absolute Gasteiger partial charge is 0.409 e. The van der Waals surface area contributed by atoms with Crippen molar-refractivity contribution in [3.63, 3.8) is 0 Å². The summed E-state index contributed by atoms with van der Waals surface area (Å²) < 4.78 is 0. The van der Waals surface area contributed by atoms with Crippen LogP contribution in [0.1, 0.15) is 5.56 Å². The van der Waals surface area contributed by atoms with Gasteiger partial charge in [0.2, 0.25) is 0 Å². The summed E-state index contributed by atoms with van der Waals surface area (Å²) in [7, 11) is 0. The lowest BCUT2D eigenvalue weighted by Gasteiger charge is -2.01. The molecule has 1 N–H and O–H groups in total. The minimum absolute atomic E-state index is 0.328. The first-order valence-corrected chi connectivity index (χ1v) is 7.75. The summed E-state index contributed by atoms with van der Waals surface area (Å²) in [6.45, 7) is 1.77. The molecule has 0 aliphatic rings. The monoisotopic (exact) mass is 379 g/mol. The highest BCUT2D eigenvalue weighted by Gasteiger charge is 2.24. The van der Waals surface area contributed by atoms with E-state index in [1.807, 2.05) is 0 Å². The highest BCUT2D eigenvalue weighted by Crippen LogP contribution is 2.23. The molecule has 0 bridgehead atoms. The predicted molar refractivity (Wildman–Crippen MR) is 91.8 cm³/mol. The van der Waals surface area contributed by atoms with E-state index in [4.69, 9.17) is 23.2 Å². The van der Waals surface area contributed by atoms with Crippen molar-refractivity contribution in [1.82, 2.24) is 14.7 Å². The molecule has 0 fully saturated rings. The van der Waals surface area contributed by atoms with Gasteiger partial charge in [-0.2, -0.15) is 0 Å². The largest absolute Gasteiger partial charge is 0.438 e. The molecule has 0 spiro atoms. The number of benzene rings is 2. The zero-order chi connectivity index (χ0) is 18.1. The third-order valence-corrected chi connectivity index (χ3v) is 3.87. The average Bonchev–Trinajstić information content (AvgIpc) is 2.89. The van der Waals surface area contributed by atoms with E-state index in [1.165, 1.54) is 0 Å². The molecule has 0 saturated carbocycles. The van der Waals surface area contributed by atoms with E-state index in [0.29, 0.717) is 26.3 Å². The van der Waals surface area contributed by atoms with Gasteiger partial charge >= 0.3 is 5.82 Å². The van der Waals surface area contributed by atoms with Gasteiger partial charge in [-0.25, -0.2) is 4.99 Å². The van der Waals surface area contributed by atoms with Crippen LogP contribution in [-0.2, 0) is 0 Å². The third kappa shape index (κ3) is 3.35. The second-order valence-corrected chi connectivity index (χ2v) is 5.98. The van der Waals surface area contributed by atoms with E-state index >= 15 is 0 Å². The summed E-state index contributed by atoms with van der Waals surface area (Å²) in [5.74, 6) is -0.600. The summed E-state index contributed by atoms with van der Waals surface area (Å²) >= 11 is 11.8. The lowest BCUT2D eigenvalue weighted by atomic mass is 10.2. The Morgan fingerprint density at radius 3 is 2.44 bits per heavy atom. The quantitative estimate of drug-likeness (QED) is 0.426. The number of nitro groups is 1. The van der Waals surface area contributed by atoms with Gasteiger partial charge in [0.05, 0.1) is 10.8 Å². The van der Waals surface area contributed by atoms with Crippen molar-refractivity contribution in [2.24, 2.45) is 4.99 Å². The topological polar surface area (TPSA) is 98.5 Å². The molecular formula is C15H11Cl2N5O3. The molecule has 0 aliphatic carbocycles. The van der Waals surface area contributed by atoms with Crippen LogP contribution in [0.4, 0.5) is 11.5 Å². The lowest BCUT2D eigenvalue weighted by molar-refractivity contribution is -0.391. The molecule has 0 unspecified atom stereocenters. The average molecular weight is 380 g/mol. The van der Waals surface area contributed by atoms with Crippen molar-refractivity contribution in [3.05, 3.63) is 73.7 Å². The maximum Gasteiger partial charge on any atom is 0.438 e. The Hall–Kier alpha value is -2.84. The van der Waals surface area contributed by atoms with Crippen molar-refractivity contribution in [2.45, 2.75) is 6.92 Å². The van der Waals surface area contributed by atoms with Crippen molar-refractivity contribution >= 4 is 34.7 Å². The van der Waals surface area contributed by atoms with Crippen molar-refractivity contribution in [2.75, 3.05) is 0 Å². The molecule has 1 aromatic heterocycles. The van der Waals surface area contributed by atoms with Gasteiger partial charge in [-0.15, -0.1) is 0 Å². The molecule has 25 heavy (non-hydrogen) atoms. The summed E-state index contributed by atoms with van der Waals surface area (Å²) in [6, 6.07) is 11.2. The Morgan fingerprint density at radius 2 is 1.80 bits per heavy atom. The maximum absolute atomic E-state index is 11.3. The van der Waals surface area contributed by atoms with Crippen LogP contribution >= 0.6 is 23.2 Å². The van der Waals surface area contributed by atoms with E-state index in [1.54, 1.807) is 49.4 Å². The highest BCUT2D eigenvalue weighted by molar-refractivity contribution is 6.31. The first-order valence-electron chi connectivity index (χ1n) is 6.99. The van der Waals surface area contributed by atoms with Gasteiger partial charge < -0.3 is 15.3 Å². The normalized spacial score (nSPS) is 11.7. The highest BCUT2D eigenvalue weighted by atomic mass is 35.5. The molecule has 0 amide bonds. The Bertz CT molecular complexity index is 1020. The molecule has 0 aliphatic heterocycles. The summed E-state index contributed by atoms with van der Waals surface area (Å²) in [5.41, 5.74) is 1.16. The summed E-state index contributed by atoms with van der Waals surface area (Å²) in [5, 5.41) is 26.4. The van der Waals surface area contributed by atoms with Gasteiger partial charge in [-0.05, 0) is 58.6 Å². The first-order chi connectivity index (χ1) is 11.9. The number of aromatic nitrogens is 3. The molecule has 0 atom stereocenters. The Balaban J connectivity index is 2.26. The molecule has 10 heteroatoms. The second kappa shape index (κ2) is 6.58. The van der Waals surface area contributed by atoms with Gasteiger partial charge in [-0.1, -0.05) is 34.1 Å². The van der Waals surface area contributed by atoms with Crippen LogP contribution in [-0.4, -0.2) is 24.9 Å². The Morgan fingerprint density at radius 1 is 1.16 bits per heavy atom. The molecule has 3 aromatic rings. The van der Waals surface area contributed by atoms with Crippen molar-refractivity contribution < 1.29 is 10.1 Å². The number of nitrogens with zero attached hydrogens (tertiary/aromatic N) is 5. The Kier molecular flexibility index (Phi) is 4.47. The fourth-order valence-corrected chi connectivity index (χ4v) is 2.42. The van der Waals surface area contributed by atoms with E-state index < -0.39 is 10.7 Å². The minimum atomic E-state index is -0.724. The number of hydrogen-bond donors (Lipinski definition) is 1. The van der Waals surface area contributed by atoms with Gasteiger partial charge in [0.1, 0.15) is 5.69 Å². The Labute approximate surface area is 151 Å². The van der Waals surface area contributed by atoms with E-state index in [-0.39, 0.29) is 5.49 Å². The van der Waals surface area contributed by atoms with Gasteiger partial charge in [0, 0.05) is 10.0 Å². The number of hydrogen-bond acceptors (Lipinski definition) is 5. The third-order valence-electron chi connectivity index (χ3n) is 3.39. The fourth-order valence-electron chi connectivity index (χ4n) is 2.13. The lowest BCUT2D eigenvalue weighted by Crippen LogP contribution is -2.22. The predicted octanol–water partition coefficient (Wildman–Crippen LogP) is 3.67.